The van der Waals surface area contributed by atoms with Crippen molar-refractivity contribution in [3.63, 3.8) is 0 Å². The minimum absolute atomic E-state index is 0.0367. The number of hydrogen-bond donors (Lipinski definition) is 3. The summed E-state index contributed by atoms with van der Waals surface area (Å²) in [6, 6.07) is 14.5. The molecule has 9 heteroatoms. The van der Waals surface area contributed by atoms with Crippen molar-refractivity contribution in [1.82, 2.24) is 10.6 Å². The molecule has 1 aliphatic carbocycles. The molecule has 3 rings (SSSR count). The van der Waals surface area contributed by atoms with Gasteiger partial charge in [-0.15, -0.1) is 0 Å². The molecule has 2 amide bonds. The Morgan fingerprint density at radius 3 is 2.13 bits per heavy atom. The van der Waals surface area contributed by atoms with Crippen LogP contribution in [0.2, 0.25) is 0 Å². The first-order valence-electron chi connectivity index (χ1n) is 9.75. The number of hydrogen-bond acceptors (Lipinski definition) is 4. The molecule has 0 fully saturated rings. The number of carboxylic acid groups (broad SMARTS) is 1. The molecule has 164 valence electrons. The lowest BCUT2D eigenvalue weighted by molar-refractivity contribution is -0.164. The summed E-state index contributed by atoms with van der Waals surface area (Å²) < 4.78 is 31.6. The Morgan fingerprint density at radius 2 is 1.61 bits per heavy atom. The highest BCUT2D eigenvalue weighted by Crippen LogP contribution is 2.44. The fourth-order valence-electron chi connectivity index (χ4n) is 3.53. The van der Waals surface area contributed by atoms with E-state index < -0.39 is 36.5 Å². The molecule has 0 spiro atoms. The van der Waals surface area contributed by atoms with Crippen molar-refractivity contribution in [2.75, 3.05) is 13.2 Å². The minimum Gasteiger partial charge on any atom is -0.477 e. The molecule has 0 saturated heterocycles. The van der Waals surface area contributed by atoms with Crippen molar-refractivity contribution in [3.05, 3.63) is 59.7 Å². The van der Waals surface area contributed by atoms with E-state index in [1.807, 2.05) is 53.8 Å². The van der Waals surface area contributed by atoms with Crippen LogP contribution in [0.15, 0.2) is 48.5 Å². The molecular weight excluding hydrogens is 410 g/mol. The molecule has 31 heavy (non-hydrogen) atoms. The Labute approximate surface area is 177 Å². The van der Waals surface area contributed by atoms with Gasteiger partial charge in [0.1, 0.15) is 12.6 Å². The minimum atomic E-state index is -4.10. The van der Waals surface area contributed by atoms with Gasteiger partial charge in [-0.3, -0.25) is 4.79 Å². The highest BCUT2D eigenvalue weighted by molar-refractivity contribution is 5.86. The Balaban J connectivity index is 1.59. The molecule has 0 heterocycles. The monoisotopic (exact) mass is 432 g/mol. The number of carbonyl (C=O) groups excluding carboxylic acids is 2. The molecule has 3 N–H and O–H groups in total. The second kappa shape index (κ2) is 9.11. The lowest BCUT2D eigenvalue weighted by Crippen LogP contribution is -2.50. The predicted octanol–water partition coefficient (Wildman–Crippen LogP) is 3.14. The van der Waals surface area contributed by atoms with Crippen molar-refractivity contribution in [2.45, 2.75) is 31.2 Å². The molecule has 0 radical (unpaired) electrons. The van der Waals surface area contributed by atoms with Crippen molar-refractivity contribution >= 4 is 18.0 Å². The predicted molar refractivity (Wildman–Crippen MR) is 108 cm³/mol. The maximum atomic E-state index is 13.1. The average molecular weight is 432 g/mol. The topological polar surface area (TPSA) is 105 Å². The third-order valence-electron chi connectivity index (χ3n) is 5.16. The molecule has 0 aromatic heterocycles. The van der Waals surface area contributed by atoms with E-state index in [2.05, 4.69) is 5.32 Å². The summed E-state index contributed by atoms with van der Waals surface area (Å²) in [6.45, 7) is 0.238. The molecule has 0 saturated carbocycles. The highest BCUT2D eigenvalue weighted by atomic mass is 19.3. The van der Waals surface area contributed by atoms with Gasteiger partial charge in [0, 0.05) is 5.92 Å². The van der Waals surface area contributed by atoms with Gasteiger partial charge in [0.15, 0.2) is 0 Å². The van der Waals surface area contributed by atoms with E-state index in [0.29, 0.717) is 0 Å². The molecular formula is C22H22F2N2O5. The van der Waals surface area contributed by atoms with Crippen molar-refractivity contribution in [3.8, 4) is 11.1 Å². The number of aliphatic carboxylic acids is 1. The van der Waals surface area contributed by atoms with Crippen molar-refractivity contribution < 1.29 is 33.0 Å². The maximum absolute atomic E-state index is 13.1. The largest absolute Gasteiger partial charge is 0.477 e. The van der Waals surface area contributed by atoms with Crippen LogP contribution in [0.3, 0.4) is 0 Å². The molecule has 0 bridgehead atoms. The van der Waals surface area contributed by atoms with Crippen LogP contribution in [0.1, 0.15) is 30.4 Å². The van der Waals surface area contributed by atoms with Gasteiger partial charge < -0.3 is 20.5 Å². The van der Waals surface area contributed by atoms with E-state index in [0.717, 1.165) is 22.3 Å². The zero-order chi connectivity index (χ0) is 22.6. The number of ether oxygens (including phenoxy) is 1. The third-order valence-corrected chi connectivity index (χ3v) is 5.16. The normalized spacial score (nSPS) is 13.6. The van der Waals surface area contributed by atoms with Crippen LogP contribution in [0.25, 0.3) is 11.1 Å². The second-order valence-corrected chi connectivity index (χ2v) is 7.16. The van der Waals surface area contributed by atoms with Crippen LogP contribution < -0.4 is 10.6 Å². The molecule has 2 aromatic carbocycles. The number of alkyl halides is 2. The number of carbonyl (C=O) groups is 3. The first kappa shape index (κ1) is 22.2. The third kappa shape index (κ3) is 4.82. The van der Waals surface area contributed by atoms with Gasteiger partial charge >= 0.3 is 18.0 Å². The molecule has 0 aliphatic heterocycles. The Kier molecular flexibility index (Phi) is 6.53. The summed E-state index contributed by atoms with van der Waals surface area (Å²) in [4.78, 5) is 34.8. The van der Waals surface area contributed by atoms with E-state index in [-0.39, 0.29) is 18.9 Å². The summed E-state index contributed by atoms with van der Waals surface area (Å²) in [6.07, 6.45) is -0.761. The number of halogens is 2. The SMILES string of the molecule is CC[C@H](NC(=O)OCC1c2ccccc2-c2ccccc21)C(=O)NCC(F)(F)C(=O)O. The smallest absolute Gasteiger partial charge is 0.407 e. The number of rotatable bonds is 8. The van der Waals surface area contributed by atoms with Gasteiger partial charge in [0.2, 0.25) is 5.91 Å². The van der Waals surface area contributed by atoms with Crippen LogP contribution in [0.5, 0.6) is 0 Å². The van der Waals surface area contributed by atoms with Gasteiger partial charge in [0.05, 0.1) is 6.54 Å². The zero-order valence-corrected chi connectivity index (χ0v) is 16.7. The molecule has 7 nitrogen and oxygen atoms in total. The number of nitrogens with one attached hydrogen (secondary N) is 2. The lowest BCUT2D eigenvalue weighted by atomic mass is 9.98. The standard InChI is InChI=1S/C22H22F2N2O5/c1-2-18(19(27)25-12-22(23,24)20(28)29)26-21(30)31-11-17-15-9-5-3-7-13(15)14-8-4-6-10-16(14)17/h3-10,17-18H,2,11-12H2,1H3,(H,25,27)(H,26,30)(H,28,29)/t18-/m0/s1. The van der Waals surface area contributed by atoms with E-state index in [1.54, 1.807) is 6.92 Å². The Bertz CT molecular complexity index is 950. The summed E-state index contributed by atoms with van der Waals surface area (Å²) in [5.74, 6) is -7.53. The highest BCUT2D eigenvalue weighted by Gasteiger charge is 2.39. The first-order chi connectivity index (χ1) is 14.7. The van der Waals surface area contributed by atoms with Crippen LogP contribution >= 0.6 is 0 Å². The summed E-state index contributed by atoms with van der Waals surface area (Å²) in [5.41, 5.74) is 4.18. The quantitative estimate of drug-likeness (QED) is 0.595. The van der Waals surface area contributed by atoms with E-state index >= 15 is 0 Å². The van der Waals surface area contributed by atoms with Crippen LogP contribution in [0, 0.1) is 0 Å². The lowest BCUT2D eigenvalue weighted by Gasteiger charge is -2.19. The van der Waals surface area contributed by atoms with Crippen LogP contribution in [0.4, 0.5) is 13.6 Å². The molecule has 0 unspecified atom stereocenters. The molecule has 1 aliphatic rings. The van der Waals surface area contributed by atoms with Gasteiger partial charge in [0.25, 0.3) is 0 Å². The van der Waals surface area contributed by atoms with Crippen molar-refractivity contribution in [2.24, 2.45) is 0 Å². The van der Waals surface area contributed by atoms with Gasteiger partial charge in [-0.05, 0) is 28.7 Å². The summed E-state index contributed by atoms with van der Waals surface area (Å²) >= 11 is 0. The molecule has 1 atom stereocenters. The number of fused-ring (bicyclic) bond motifs is 3. The summed E-state index contributed by atoms with van der Waals surface area (Å²) in [5, 5.41) is 12.6. The Morgan fingerprint density at radius 1 is 1.06 bits per heavy atom. The fourth-order valence-corrected chi connectivity index (χ4v) is 3.53. The Hall–Kier alpha value is -3.49. The van der Waals surface area contributed by atoms with E-state index in [9.17, 15) is 23.2 Å². The average Bonchev–Trinajstić information content (AvgIpc) is 3.08. The number of carboxylic acids is 1. The zero-order valence-electron chi connectivity index (χ0n) is 16.7. The fraction of sp³-hybridized carbons (Fsp3) is 0.318. The number of alkyl carbamates (subject to hydrolysis) is 1. The van der Waals surface area contributed by atoms with Crippen LogP contribution in [-0.2, 0) is 14.3 Å². The van der Waals surface area contributed by atoms with Gasteiger partial charge in [-0.1, -0.05) is 55.5 Å². The second-order valence-electron chi connectivity index (χ2n) is 7.16. The number of amides is 2. The molecule has 2 aromatic rings. The van der Waals surface area contributed by atoms with E-state index in [4.69, 9.17) is 9.84 Å². The summed E-state index contributed by atoms with van der Waals surface area (Å²) in [7, 11) is 0. The van der Waals surface area contributed by atoms with Crippen molar-refractivity contribution in [1.29, 1.82) is 0 Å². The number of benzene rings is 2. The van der Waals surface area contributed by atoms with Gasteiger partial charge in [-0.25, -0.2) is 9.59 Å². The van der Waals surface area contributed by atoms with Crippen LogP contribution in [-0.4, -0.2) is 48.2 Å². The maximum Gasteiger partial charge on any atom is 0.407 e. The van der Waals surface area contributed by atoms with E-state index in [1.165, 1.54) is 0 Å². The first-order valence-corrected chi connectivity index (χ1v) is 9.75. The van der Waals surface area contributed by atoms with Gasteiger partial charge in [-0.2, -0.15) is 8.78 Å².